The topological polar surface area (TPSA) is 74.5 Å². The van der Waals surface area contributed by atoms with Crippen molar-refractivity contribution in [3.63, 3.8) is 0 Å². The molecule has 0 bridgehead atoms. The molecular formula is C18H16N2O4. The summed E-state index contributed by atoms with van der Waals surface area (Å²) in [5.74, 6) is 1.08. The summed E-state index contributed by atoms with van der Waals surface area (Å²) in [5.41, 5.74) is 1.81. The van der Waals surface area contributed by atoms with Crippen LogP contribution in [0.25, 0.3) is 11.5 Å². The number of aromatic nitrogens is 2. The molecule has 0 aliphatic rings. The van der Waals surface area contributed by atoms with E-state index >= 15 is 0 Å². The zero-order valence-corrected chi connectivity index (χ0v) is 13.4. The number of ether oxygens (including phenoxy) is 2. The van der Waals surface area contributed by atoms with Gasteiger partial charge in [-0.1, -0.05) is 18.2 Å². The van der Waals surface area contributed by atoms with E-state index in [1.807, 2.05) is 30.3 Å². The van der Waals surface area contributed by atoms with Crippen molar-refractivity contribution in [2.75, 3.05) is 7.11 Å². The standard InChI is InChI=1S/C18H16N2O4/c1-12-15(20-17(24-12)13-6-4-3-5-7-13)11-23-18(21)14-8-9-16(22-2)19-10-14/h3-10H,11H2,1-2H3. The quantitative estimate of drug-likeness (QED) is 0.670. The molecule has 3 aromatic rings. The average Bonchev–Trinajstić information content (AvgIpc) is 3.01. The van der Waals surface area contributed by atoms with Crippen molar-refractivity contribution in [2.24, 2.45) is 0 Å². The van der Waals surface area contributed by atoms with Crippen molar-refractivity contribution >= 4 is 5.97 Å². The Morgan fingerprint density at radius 2 is 1.96 bits per heavy atom. The largest absolute Gasteiger partial charge is 0.481 e. The van der Waals surface area contributed by atoms with Gasteiger partial charge in [0.15, 0.2) is 0 Å². The van der Waals surface area contributed by atoms with Crippen molar-refractivity contribution in [3.05, 3.63) is 65.7 Å². The van der Waals surface area contributed by atoms with Gasteiger partial charge in [-0.2, -0.15) is 0 Å². The molecule has 3 rings (SSSR count). The Morgan fingerprint density at radius 1 is 1.17 bits per heavy atom. The number of carbonyl (C=O) groups is 1. The number of hydrogen-bond donors (Lipinski definition) is 0. The molecular weight excluding hydrogens is 308 g/mol. The van der Waals surface area contributed by atoms with Crippen LogP contribution in [0.5, 0.6) is 5.88 Å². The minimum absolute atomic E-state index is 0.0348. The number of aryl methyl sites for hydroxylation is 1. The number of hydrogen-bond acceptors (Lipinski definition) is 6. The van der Waals surface area contributed by atoms with Gasteiger partial charge in [0.25, 0.3) is 0 Å². The first-order valence-corrected chi connectivity index (χ1v) is 7.36. The van der Waals surface area contributed by atoms with Crippen LogP contribution in [0.15, 0.2) is 53.1 Å². The Morgan fingerprint density at radius 3 is 2.62 bits per heavy atom. The van der Waals surface area contributed by atoms with Crippen molar-refractivity contribution in [2.45, 2.75) is 13.5 Å². The molecule has 6 nitrogen and oxygen atoms in total. The minimum atomic E-state index is -0.478. The molecule has 0 atom stereocenters. The molecule has 0 saturated carbocycles. The average molecular weight is 324 g/mol. The lowest BCUT2D eigenvalue weighted by molar-refractivity contribution is 0.0466. The van der Waals surface area contributed by atoms with Gasteiger partial charge in [-0.15, -0.1) is 0 Å². The molecule has 0 radical (unpaired) electrons. The van der Waals surface area contributed by atoms with Gasteiger partial charge in [0.05, 0.1) is 12.7 Å². The first-order valence-electron chi connectivity index (χ1n) is 7.36. The van der Waals surface area contributed by atoms with Crippen LogP contribution in [0.3, 0.4) is 0 Å². The monoisotopic (exact) mass is 324 g/mol. The number of oxazole rings is 1. The second kappa shape index (κ2) is 6.95. The van der Waals surface area contributed by atoms with Crippen LogP contribution in [-0.4, -0.2) is 23.0 Å². The fourth-order valence-electron chi connectivity index (χ4n) is 2.11. The number of benzene rings is 1. The summed E-state index contributed by atoms with van der Waals surface area (Å²) in [4.78, 5) is 20.4. The Kier molecular flexibility index (Phi) is 4.56. The molecule has 0 spiro atoms. The lowest BCUT2D eigenvalue weighted by Gasteiger charge is -2.03. The van der Waals surface area contributed by atoms with E-state index in [1.54, 1.807) is 19.1 Å². The van der Waals surface area contributed by atoms with Gasteiger partial charge in [0, 0.05) is 17.8 Å². The number of pyridine rings is 1. The zero-order valence-electron chi connectivity index (χ0n) is 13.4. The molecule has 0 amide bonds. The summed E-state index contributed by atoms with van der Waals surface area (Å²) in [6, 6.07) is 12.8. The number of methoxy groups -OCH3 is 1. The molecule has 0 aliphatic carbocycles. The Hall–Kier alpha value is -3.15. The Bertz CT molecular complexity index is 826. The fourth-order valence-corrected chi connectivity index (χ4v) is 2.11. The van der Waals surface area contributed by atoms with E-state index in [2.05, 4.69) is 9.97 Å². The number of nitrogens with zero attached hydrogens (tertiary/aromatic N) is 2. The molecule has 2 heterocycles. The summed E-state index contributed by atoms with van der Waals surface area (Å²) in [5, 5.41) is 0. The predicted molar refractivity (Wildman–Crippen MR) is 86.6 cm³/mol. The van der Waals surface area contributed by atoms with Crippen LogP contribution >= 0.6 is 0 Å². The van der Waals surface area contributed by atoms with E-state index in [0.29, 0.717) is 28.8 Å². The second-order valence-corrected chi connectivity index (χ2v) is 5.05. The van der Waals surface area contributed by atoms with E-state index in [9.17, 15) is 4.79 Å². The van der Waals surface area contributed by atoms with Crippen LogP contribution in [0.4, 0.5) is 0 Å². The van der Waals surface area contributed by atoms with E-state index in [4.69, 9.17) is 13.9 Å². The van der Waals surface area contributed by atoms with Gasteiger partial charge in [-0.05, 0) is 25.1 Å². The normalized spacial score (nSPS) is 10.4. The lowest BCUT2D eigenvalue weighted by Crippen LogP contribution is -2.06. The third kappa shape index (κ3) is 3.43. The lowest BCUT2D eigenvalue weighted by atomic mass is 10.2. The Balaban J connectivity index is 1.68. The van der Waals surface area contributed by atoms with Crippen molar-refractivity contribution in [3.8, 4) is 17.3 Å². The summed E-state index contributed by atoms with van der Waals surface area (Å²) in [6.07, 6.45) is 1.41. The van der Waals surface area contributed by atoms with Crippen LogP contribution in [-0.2, 0) is 11.3 Å². The maximum atomic E-state index is 12.0. The van der Waals surface area contributed by atoms with E-state index in [1.165, 1.54) is 13.3 Å². The number of rotatable bonds is 5. The van der Waals surface area contributed by atoms with Gasteiger partial charge in [0.2, 0.25) is 11.8 Å². The van der Waals surface area contributed by atoms with Crippen molar-refractivity contribution in [1.82, 2.24) is 9.97 Å². The summed E-state index contributed by atoms with van der Waals surface area (Å²) in [7, 11) is 1.51. The molecule has 6 heteroatoms. The molecule has 0 saturated heterocycles. The first kappa shape index (κ1) is 15.7. The summed E-state index contributed by atoms with van der Waals surface area (Å²) >= 11 is 0. The smallest absolute Gasteiger partial charge is 0.340 e. The highest BCUT2D eigenvalue weighted by Crippen LogP contribution is 2.22. The predicted octanol–water partition coefficient (Wildman–Crippen LogP) is 3.41. The van der Waals surface area contributed by atoms with Gasteiger partial charge >= 0.3 is 5.97 Å². The zero-order chi connectivity index (χ0) is 16.9. The first-order chi connectivity index (χ1) is 11.7. The van der Waals surface area contributed by atoms with Crippen LogP contribution in [0, 0.1) is 6.92 Å². The highest BCUT2D eigenvalue weighted by molar-refractivity contribution is 5.89. The Labute approximate surface area is 139 Å². The molecule has 24 heavy (non-hydrogen) atoms. The molecule has 2 aromatic heterocycles. The van der Waals surface area contributed by atoms with Gasteiger partial charge in [0.1, 0.15) is 18.1 Å². The molecule has 122 valence electrons. The SMILES string of the molecule is COc1ccc(C(=O)OCc2nc(-c3ccccc3)oc2C)cn1. The molecule has 0 N–H and O–H groups in total. The van der Waals surface area contributed by atoms with Gasteiger partial charge in [-0.25, -0.2) is 14.8 Å². The molecule has 0 unspecified atom stereocenters. The van der Waals surface area contributed by atoms with E-state index < -0.39 is 5.97 Å². The third-order valence-corrected chi connectivity index (χ3v) is 3.43. The maximum Gasteiger partial charge on any atom is 0.340 e. The van der Waals surface area contributed by atoms with Crippen molar-refractivity contribution < 1.29 is 18.7 Å². The summed E-state index contributed by atoms with van der Waals surface area (Å²) < 4.78 is 15.9. The van der Waals surface area contributed by atoms with Crippen LogP contribution in [0.2, 0.25) is 0 Å². The molecule has 0 fully saturated rings. The number of carbonyl (C=O) groups excluding carboxylic acids is 1. The number of esters is 1. The fraction of sp³-hybridized carbons (Fsp3) is 0.167. The van der Waals surface area contributed by atoms with E-state index in [0.717, 1.165) is 5.56 Å². The highest BCUT2D eigenvalue weighted by Gasteiger charge is 2.14. The summed E-state index contributed by atoms with van der Waals surface area (Å²) in [6.45, 7) is 1.82. The highest BCUT2D eigenvalue weighted by atomic mass is 16.5. The van der Waals surface area contributed by atoms with E-state index in [-0.39, 0.29) is 6.61 Å². The van der Waals surface area contributed by atoms with Crippen LogP contribution in [0.1, 0.15) is 21.8 Å². The van der Waals surface area contributed by atoms with Gasteiger partial charge in [-0.3, -0.25) is 0 Å². The molecule has 0 aliphatic heterocycles. The minimum Gasteiger partial charge on any atom is -0.481 e. The second-order valence-electron chi connectivity index (χ2n) is 5.05. The maximum absolute atomic E-state index is 12.0. The third-order valence-electron chi connectivity index (χ3n) is 3.43. The van der Waals surface area contributed by atoms with Crippen LogP contribution < -0.4 is 4.74 Å². The van der Waals surface area contributed by atoms with Gasteiger partial charge < -0.3 is 13.9 Å². The van der Waals surface area contributed by atoms with Crippen molar-refractivity contribution in [1.29, 1.82) is 0 Å². The molecule has 1 aromatic carbocycles.